The lowest BCUT2D eigenvalue weighted by Crippen LogP contribution is -2.14. The van der Waals surface area contributed by atoms with E-state index in [9.17, 15) is 19.2 Å². The van der Waals surface area contributed by atoms with Gasteiger partial charge < -0.3 is 34.6 Å². The third kappa shape index (κ3) is 6.76. The maximum Gasteiger partial charge on any atom is 0.346 e. The minimum atomic E-state index is -0.840. The average molecular weight is 422 g/mol. The fraction of sp³-hybridized carbons (Fsp3) is 0.158. The SMILES string of the molecule is O=C(OCO)c1ccccc1C(=O)OCO.O=C1OC(=O)c2ccccc21.OCO. The first kappa shape index (κ1) is 24.4. The van der Waals surface area contributed by atoms with Crippen LogP contribution in [0.1, 0.15) is 41.4 Å². The summed E-state index contributed by atoms with van der Waals surface area (Å²) in [4.78, 5) is 44.3. The zero-order valence-corrected chi connectivity index (χ0v) is 15.4. The summed E-state index contributed by atoms with van der Waals surface area (Å²) in [6.07, 6.45) is 0. The number of ether oxygens (including phenoxy) is 3. The molecule has 0 spiro atoms. The monoisotopic (exact) mass is 422 g/mol. The van der Waals surface area contributed by atoms with E-state index in [1.54, 1.807) is 24.3 Å². The molecule has 0 atom stereocenters. The average Bonchev–Trinajstić information content (AvgIpc) is 3.03. The Bertz CT molecular complexity index is 822. The number of aliphatic hydroxyl groups excluding tert-OH is 3. The highest BCUT2D eigenvalue weighted by molar-refractivity contribution is 6.14. The number of benzene rings is 2. The third-order valence-electron chi connectivity index (χ3n) is 3.31. The summed E-state index contributed by atoms with van der Waals surface area (Å²) in [7, 11) is 0. The predicted molar refractivity (Wildman–Crippen MR) is 96.9 cm³/mol. The van der Waals surface area contributed by atoms with Gasteiger partial charge in [0.1, 0.15) is 6.79 Å². The first-order valence-electron chi connectivity index (χ1n) is 8.13. The van der Waals surface area contributed by atoms with Gasteiger partial charge in [-0.15, -0.1) is 0 Å². The van der Waals surface area contributed by atoms with E-state index in [0.717, 1.165) is 0 Å². The van der Waals surface area contributed by atoms with Crippen LogP contribution in [-0.4, -0.2) is 64.7 Å². The summed E-state index contributed by atoms with van der Waals surface area (Å²) >= 11 is 0. The quantitative estimate of drug-likeness (QED) is 0.222. The summed E-state index contributed by atoms with van der Waals surface area (Å²) in [6, 6.07) is 12.3. The number of hydrogen-bond acceptors (Lipinski definition) is 11. The number of rotatable bonds is 4. The highest BCUT2D eigenvalue weighted by Crippen LogP contribution is 2.18. The molecule has 0 saturated heterocycles. The molecule has 11 heteroatoms. The van der Waals surface area contributed by atoms with Crippen LogP contribution in [0.5, 0.6) is 0 Å². The number of carbonyl (C=O) groups is 4. The fourth-order valence-electron chi connectivity index (χ4n) is 2.15. The van der Waals surface area contributed by atoms with E-state index in [-0.39, 0.29) is 11.1 Å². The fourth-order valence-corrected chi connectivity index (χ4v) is 2.15. The van der Waals surface area contributed by atoms with Gasteiger partial charge in [-0.3, -0.25) is 0 Å². The van der Waals surface area contributed by atoms with Crippen LogP contribution in [0.2, 0.25) is 0 Å². The molecule has 1 aliphatic rings. The molecule has 30 heavy (non-hydrogen) atoms. The van der Waals surface area contributed by atoms with E-state index in [2.05, 4.69) is 14.2 Å². The Hall–Kier alpha value is -3.64. The van der Waals surface area contributed by atoms with E-state index in [1.165, 1.54) is 24.3 Å². The smallest absolute Gasteiger partial charge is 0.346 e. The van der Waals surface area contributed by atoms with Gasteiger partial charge in [0.25, 0.3) is 0 Å². The summed E-state index contributed by atoms with van der Waals surface area (Å²) in [5.74, 6) is -2.78. The van der Waals surface area contributed by atoms with Crippen molar-refractivity contribution in [1.29, 1.82) is 0 Å². The number of esters is 4. The van der Waals surface area contributed by atoms with Gasteiger partial charge in [0.15, 0.2) is 13.6 Å². The molecular weight excluding hydrogens is 404 g/mol. The maximum atomic E-state index is 11.3. The van der Waals surface area contributed by atoms with E-state index in [1.807, 2.05) is 0 Å². The van der Waals surface area contributed by atoms with Crippen molar-refractivity contribution in [3.05, 3.63) is 70.8 Å². The number of fused-ring (bicyclic) bond motifs is 1. The van der Waals surface area contributed by atoms with Crippen molar-refractivity contribution in [2.75, 3.05) is 20.4 Å². The van der Waals surface area contributed by atoms with Crippen LogP contribution in [0, 0.1) is 0 Å². The van der Waals surface area contributed by atoms with Crippen molar-refractivity contribution in [1.82, 2.24) is 0 Å². The Morgan fingerprint density at radius 3 is 1.37 bits per heavy atom. The maximum absolute atomic E-state index is 11.3. The summed E-state index contributed by atoms with van der Waals surface area (Å²) in [5.41, 5.74) is 0.653. The molecule has 1 aliphatic heterocycles. The highest BCUT2D eigenvalue weighted by Gasteiger charge is 2.28. The van der Waals surface area contributed by atoms with Gasteiger partial charge in [0, 0.05) is 0 Å². The minimum absolute atomic E-state index is 0.0324. The summed E-state index contributed by atoms with van der Waals surface area (Å²) in [6.45, 7) is -2.30. The standard InChI is InChI=1S/C10H10O6.C8H4O3.CH4O2/c11-5-15-9(13)7-3-1-2-4-8(7)10(14)16-6-12;9-7-5-3-1-2-4-6(5)8(10)11-7;2-1-3/h1-4,11-12H,5-6H2;1-4H;2-3H,1H2. The summed E-state index contributed by atoms with van der Waals surface area (Å²) < 4.78 is 13.0. The first-order chi connectivity index (χ1) is 14.4. The molecule has 0 radical (unpaired) electrons. The van der Waals surface area contributed by atoms with Gasteiger partial charge in [-0.1, -0.05) is 24.3 Å². The lowest BCUT2D eigenvalue weighted by molar-refractivity contribution is 0.00226. The Morgan fingerprint density at radius 2 is 1.03 bits per heavy atom. The van der Waals surface area contributed by atoms with Gasteiger partial charge in [0.05, 0.1) is 22.3 Å². The topological polar surface area (TPSA) is 177 Å². The molecule has 0 aromatic heterocycles. The van der Waals surface area contributed by atoms with Crippen LogP contribution in [0.4, 0.5) is 0 Å². The predicted octanol–water partition coefficient (Wildman–Crippen LogP) is -0.174. The van der Waals surface area contributed by atoms with Crippen molar-refractivity contribution in [2.45, 2.75) is 0 Å². The molecule has 11 nitrogen and oxygen atoms in total. The largest absolute Gasteiger partial charge is 0.435 e. The molecule has 0 unspecified atom stereocenters. The highest BCUT2D eigenvalue weighted by atomic mass is 16.6. The van der Waals surface area contributed by atoms with Gasteiger partial charge >= 0.3 is 23.9 Å². The molecule has 0 saturated carbocycles. The molecule has 160 valence electrons. The molecule has 0 aliphatic carbocycles. The van der Waals surface area contributed by atoms with Gasteiger partial charge in [-0.2, -0.15) is 0 Å². The second kappa shape index (κ2) is 12.7. The van der Waals surface area contributed by atoms with Crippen molar-refractivity contribution in [2.24, 2.45) is 0 Å². The molecule has 3 rings (SSSR count). The Kier molecular flexibility index (Phi) is 10.4. The third-order valence-corrected chi connectivity index (χ3v) is 3.31. The molecule has 1 heterocycles. The number of cyclic esters (lactones) is 2. The lowest BCUT2D eigenvalue weighted by atomic mass is 10.1. The van der Waals surface area contributed by atoms with E-state index in [4.69, 9.17) is 20.4 Å². The minimum Gasteiger partial charge on any atom is -0.435 e. The van der Waals surface area contributed by atoms with Crippen molar-refractivity contribution in [3.63, 3.8) is 0 Å². The van der Waals surface area contributed by atoms with Crippen molar-refractivity contribution in [3.8, 4) is 0 Å². The Balaban J connectivity index is 0.000000277. The van der Waals surface area contributed by atoms with Gasteiger partial charge in [-0.05, 0) is 24.3 Å². The van der Waals surface area contributed by atoms with Gasteiger partial charge in [0.2, 0.25) is 0 Å². The van der Waals surface area contributed by atoms with E-state index >= 15 is 0 Å². The van der Waals surface area contributed by atoms with Crippen LogP contribution in [0.15, 0.2) is 48.5 Å². The second-order valence-corrected chi connectivity index (χ2v) is 5.03. The Labute approximate surface area is 169 Å². The van der Waals surface area contributed by atoms with Gasteiger partial charge in [-0.25, -0.2) is 19.2 Å². The molecule has 2 aromatic carbocycles. The van der Waals surface area contributed by atoms with Crippen molar-refractivity contribution >= 4 is 23.9 Å². The van der Waals surface area contributed by atoms with E-state index < -0.39 is 44.3 Å². The molecule has 0 bridgehead atoms. The zero-order chi connectivity index (χ0) is 22.5. The van der Waals surface area contributed by atoms with Crippen LogP contribution in [0.25, 0.3) is 0 Å². The number of aliphatic hydroxyl groups is 4. The Morgan fingerprint density at radius 1 is 0.700 bits per heavy atom. The summed E-state index contributed by atoms with van der Waals surface area (Å²) in [5, 5.41) is 31.1. The van der Waals surface area contributed by atoms with E-state index in [0.29, 0.717) is 11.1 Å². The van der Waals surface area contributed by atoms with Crippen LogP contribution in [0.3, 0.4) is 0 Å². The molecule has 0 amide bonds. The normalized spacial score (nSPS) is 11.1. The molecule has 4 N–H and O–H groups in total. The van der Waals surface area contributed by atoms with Crippen LogP contribution in [-0.2, 0) is 14.2 Å². The van der Waals surface area contributed by atoms with Crippen LogP contribution >= 0.6 is 0 Å². The second-order valence-electron chi connectivity index (χ2n) is 5.03. The first-order valence-corrected chi connectivity index (χ1v) is 8.13. The molecule has 0 fully saturated rings. The molecule has 2 aromatic rings. The number of carbonyl (C=O) groups excluding carboxylic acids is 4. The zero-order valence-electron chi connectivity index (χ0n) is 15.4. The van der Waals surface area contributed by atoms with Crippen molar-refractivity contribution < 1.29 is 53.8 Å². The lowest BCUT2D eigenvalue weighted by Gasteiger charge is -2.06. The van der Waals surface area contributed by atoms with Crippen LogP contribution < -0.4 is 0 Å². The number of hydrogen-bond donors (Lipinski definition) is 4. The molecular formula is C19H18O11.